The number of ether oxygens (including phenoxy) is 1. The molecule has 0 unspecified atom stereocenters. The molecule has 2 atom stereocenters. The van der Waals surface area contributed by atoms with E-state index in [0.717, 1.165) is 11.0 Å². The van der Waals surface area contributed by atoms with E-state index < -0.39 is 29.6 Å². The summed E-state index contributed by atoms with van der Waals surface area (Å²) in [7, 11) is 0. The summed E-state index contributed by atoms with van der Waals surface area (Å²) in [5, 5.41) is 3.02. The van der Waals surface area contributed by atoms with Gasteiger partial charge in [0.05, 0.1) is 12.5 Å². The number of cyclic esters (lactones) is 1. The van der Waals surface area contributed by atoms with Gasteiger partial charge >= 0.3 is 6.09 Å². The lowest BCUT2D eigenvalue weighted by atomic mass is 9.87. The van der Waals surface area contributed by atoms with Gasteiger partial charge in [-0.05, 0) is 11.6 Å². The molecule has 2 fully saturated rings. The van der Waals surface area contributed by atoms with E-state index in [9.17, 15) is 18.4 Å². The van der Waals surface area contributed by atoms with Crippen LogP contribution in [0, 0.1) is 17.6 Å². The molecule has 1 N–H and O–H groups in total. The van der Waals surface area contributed by atoms with Gasteiger partial charge in [-0.3, -0.25) is 4.79 Å². The molecule has 21 heavy (non-hydrogen) atoms. The predicted octanol–water partition coefficient (Wildman–Crippen LogP) is 1.25. The Morgan fingerprint density at radius 3 is 2.81 bits per heavy atom. The van der Waals surface area contributed by atoms with Gasteiger partial charge in [0.15, 0.2) is 0 Å². The Kier molecular flexibility index (Phi) is 3.59. The minimum Gasteiger partial charge on any atom is -0.447 e. The highest BCUT2D eigenvalue weighted by molar-refractivity contribution is 5.95. The molecule has 2 amide bonds. The van der Waals surface area contributed by atoms with Crippen LogP contribution in [0.1, 0.15) is 11.5 Å². The molecule has 2 heterocycles. The second-order valence-corrected chi connectivity index (χ2v) is 5.14. The number of amides is 2. The molecule has 0 aliphatic carbocycles. The van der Waals surface area contributed by atoms with E-state index in [-0.39, 0.29) is 24.6 Å². The van der Waals surface area contributed by atoms with Crippen molar-refractivity contribution in [3.63, 3.8) is 0 Å². The van der Waals surface area contributed by atoms with E-state index in [1.807, 2.05) is 0 Å². The van der Waals surface area contributed by atoms with Crippen molar-refractivity contribution in [2.24, 2.45) is 5.92 Å². The average molecular weight is 296 g/mol. The van der Waals surface area contributed by atoms with Crippen LogP contribution in [0.25, 0.3) is 0 Å². The quantitative estimate of drug-likeness (QED) is 0.892. The fraction of sp³-hybridized carbons (Fsp3) is 0.429. The molecule has 2 aliphatic rings. The minimum absolute atomic E-state index is 0.181. The third-order valence-electron chi connectivity index (χ3n) is 3.92. The monoisotopic (exact) mass is 296 g/mol. The number of nitrogens with zero attached hydrogens (tertiary/aromatic N) is 1. The molecular formula is C14H14F2N2O3. The molecule has 5 nitrogen and oxygen atoms in total. The van der Waals surface area contributed by atoms with Crippen LogP contribution in [0.15, 0.2) is 18.2 Å². The number of hydrogen-bond donors (Lipinski definition) is 1. The standard InChI is InChI=1S/C14H14F2N2O3/c15-8-1-2-9(12(16)5-8)10-6-17-7-11(10)13(19)18-3-4-21-14(18)20/h1-2,5,10-11,17H,3-4,6-7H2/t10-,11+/m0/s1. The number of rotatable bonds is 2. The number of carbonyl (C=O) groups excluding carboxylic acids is 2. The van der Waals surface area contributed by atoms with E-state index in [2.05, 4.69) is 5.32 Å². The maximum atomic E-state index is 13.9. The van der Waals surface area contributed by atoms with Crippen molar-refractivity contribution >= 4 is 12.0 Å². The van der Waals surface area contributed by atoms with E-state index in [1.165, 1.54) is 12.1 Å². The van der Waals surface area contributed by atoms with Crippen molar-refractivity contribution in [3.8, 4) is 0 Å². The molecule has 1 aromatic carbocycles. The van der Waals surface area contributed by atoms with Gasteiger partial charge in [-0.15, -0.1) is 0 Å². The highest BCUT2D eigenvalue weighted by Crippen LogP contribution is 2.32. The molecule has 0 radical (unpaired) electrons. The maximum absolute atomic E-state index is 13.9. The molecule has 3 rings (SSSR count). The van der Waals surface area contributed by atoms with Gasteiger partial charge in [0, 0.05) is 25.1 Å². The largest absolute Gasteiger partial charge is 0.447 e. The molecule has 2 saturated heterocycles. The van der Waals surface area contributed by atoms with Crippen molar-refractivity contribution in [2.75, 3.05) is 26.2 Å². The summed E-state index contributed by atoms with van der Waals surface area (Å²) in [6, 6.07) is 3.33. The van der Waals surface area contributed by atoms with Crippen LogP contribution in [0.4, 0.5) is 13.6 Å². The number of benzene rings is 1. The van der Waals surface area contributed by atoms with Crippen molar-refractivity contribution in [1.82, 2.24) is 10.2 Å². The van der Waals surface area contributed by atoms with Crippen LogP contribution >= 0.6 is 0 Å². The summed E-state index contributed by atoms with van der Waals surface area (Å²) in [5.41, 5.74) is 0.285. The summed E-state index contributed by atoms with van der Waals surface area (Å²) < 4.78 is 31.7. The van der Waals surface area contributed by atoms with Crippen molar-refractivity contribution in [1.29, 1.82) is 0 Å². The minimum atomic E-state index is -0.675. The fourth-order valence-corrected chi connectivity index (χ4v) is 2.86. The summed E-state index contributed by atoms with van der Waals surface area (Å²) in [6.45, 7) is 1.15. The Morgan fingerprint density at radius 2 is 2.14 bits per heavy atom. The Hall–Kier alpha value is -2.02. The van der Waals surface area contributed by atoms with Gasteiger partial charge in [-0.2, -0.15) is 0 Å². The predicted molar refractivity (Wildman–Crippen MR) is 68.5 cm³/mol. The van der Waals surface area contributed by atoms with Crippen LogP contribution in [-0.4, -0.2) is 43.1 Å². The third-order valence-corrected chi connectivity index (χ3v) is 3.92. The van der Waals surface area contributed by atoms with E-state index in [4.69, 9.17) is 4.74 Å². The molecule has 2 aliphatic heterocycles. The lowest BCUT2D eigenvalue weighted by Gasteiger charge is -2.21. The third kappa shape index (κ3) is 2.49. The Morgan fingerprint density at radius 1 is 1.33 bits per heavy atom. The zero-order chi connectivity index (χ0) is 15.0. The van der Waals surface area contributed by atoms with Crippen molar-refractivity contribution in [3.05, 3.63) is 35.4 Å². The fourth-order valence-electron chi connectivity index (χ4n) is 2.86. The second kappa shape index (κ2) is 5.40. The van der Waals surface area contributed by atoms with Crippen LogP contribution in [0.5, 0.6) is 0 Å². The molecule has 7 heteroatoms. The zero-order valence-electron chi connectivity index (χ0n) is 11.1. The summed E-state index contributed by atoms with van der Waals surface area (Å²) in [5.74, 6) is -2.70. The first kappa shape index (κ1) is 13.9. The van der Waals surface area contributed by atoms with E-state index >= 15 is 0 Å². The van der Waals surface area contributed by atoms with Crippen LogP contribution < -0.4 is 5.32 Å². The Balaban J connectivity index is 1.85. The summed E-state index contributed by atoms with van der Waals surface area (Å²) in [6.07, 6.45) is -0.662. The van der Waals surface area contributed by atoms with Crippen molar-refractivity contribution in [2.45, 2.75) is 5.92 Å². The van der Waals surface area contributed by atoms with Gasteiger partial charge in [-0.25, -0.2) is 18.5 Å². The number of carbonyl (C=O) groups is 2. The Bertz CT molecular complexity index is 594. The van der Waals surface area contributed by atoms with Gasteiger partial charge in [-0.1, -0.05) is 6.07 Å². The molecule has 0 aromatic heterocycles. The van der Waals surface area contributed by atoms with Gasteiger partial charge in [0.25, 0.3) is 0 Å². The van der Waals surface area contributed by atoms with Gasteiger partial charge in [0.2, 0.25) is 5.91 Å². The zero-order valence-corrected chi connectivity index (χ0v) is 11.1. The van der Waals surface area contributed by atoms with E-state index in [0.29, 0.717) is 13.1 Å². The number of nitrogens with one attached hydrogen (secondary N) is 1. The smallest absolute Gasteiger partial charge is 0.416 e. The molecule has 0 spiro atoms. The molecule has 1 aromatic rings. The highest BCUT2D eigenvalue weighted by atomic mass is 19.1. The molecular weight excluding hydrogens is 282 g/mol. The van der Waals surface area contributed by atoms with Gasteiger partial charge in [0.1, 0.15) is 18.2 Å². The molecule has 112 valence electrons. The molecule has 0 bridgehead atoms. The number of imide groups is 1. The summed E-state index contributed by atoms with van der Waals surface area (Å²) in [4.78, 5) is 24.9. The topological polar surface area (TPSA) is 58.6 Å². The molecule has 0 saturated carbocycles. The summed E-state index contributed by atoms with van der Waals surface area (Å²) >= 11 is 0. The first-order valence-corrected chi connectivity index (χ1v) is 6.71. The lowest BCUT2D eigenvalue weighted by Crippen LogP contribution is -2.39. The number of halogens is 2. The average Bonchev–Trinajstić information content (AvgIpc) is 3.07. The van der Waals surface area contributed by atoms with E-state index in [1.54, 1.807) is 0 Å². The van der Waals surface area contributed by atoms with Crippen molar-refractivity contribution < 1.29 is 23.1 Å². The second-order valence-electron chi connectivity index (χ2n) is 5.14. The van der Waals surface area contributed by atoms with Crippen LogP contribution in [0.2, 0.25) is 0 Å². The SMILES string of the molecule is O=C1OCCN1C(=O)[C@@H]1CNC[C@H]1c1ccc(F)cc1F. The first-order valence-electron chi connectivity index (χ1n) is 6.71. The first-order chi connectivity index (χ1) is 10.1. The van der Waals surface area contributed by atoms with Crippen LogP contribution in [0.3, 0.4) is 0 Å². The lowest BCUT2D eigenvalue weighted by molar-refractivity contribution is -0.131. The Labute approximate surface area is 119 Å². The number of hydrogen-bond acceptors (Lipinski definition) is 4. The normalized spacial score (nSPS) is 25.2. The van der Waals surface area contributed by atoms with Crippen LogP contribution in [-0.2, 0) is 9.53 Å². The highest BCUT2D eigenvalue weighted by Gasteiger charge is 2.41. The van der Waals surface area contributed by atoms with Gasteiger partial charge < -0.3 is 10.1 Å². The maximum Gasteiger partial charge on any atom is 0.416 e.